The van der Waals surface area contributed by atoms with Crippen LogP contribution in [0.2, 0.25) is 5.15 Å². The SMILES string of the molecule is CC(C)(C)CCCCCCCCCCCOCn1cc(C#N)c2c(Cl)nccc21. The van der Waals surface area contributed by atoms with Crippen LogP contribution in [0.15, 0.2) is 18.5 Å². The molecule has 0 radical (unpaired) electrons. The van der Waals surface area contributed by atoms with Crippen molar-refractivity contribution in [3.05, 3.63) is 29.2 Å². The fraction of sp³-hybridized carbons (Fsp3) is 0.667. The summed E-state index contributed by atoms with van der Waals surface area (Å²) in [5.74, 6) is 0. The van der Waals surface area contributed by atoms with E-state index in [-0.39, 0.29) is 0 Å². The first-order valence-electron chi connectivity index (χ1n) is 11.0. The fourth-order valence-electron chi connectivity index (χ4n) is 3.66. The van der Waals surface area contributed by atoms with Crippen LogP contribution in [0.3, 0.4) is 0 Å². The van der Waals surface area contributed by atoms with Crippen LogP contribution in [0.4, 0.5) is 0 Å². The van der Waals surface area contributed by atoms with Gasteiger partial charge in [0.05, 0.1) is 16.5 Å². The van der Waals surface area contributed by atoms with Crippen LogP contribution in [0, 0.1) is 16.7 Å². The zero-order chi connectivity index (χ0) is 21.1. The van der Waals surface area contributed by atoms with Gasteiger partial charge < -0.3 is 9.30 Å². The number of rotatable bonds is 13. The van der Waals surface area contributed by atoms with Gasteiger partial charge in [0.2, 0.25) is 0 Å². The van der Waals surface area contributed by atoms with Gasteiger partial charge in [-0.2, -0.15) is 5.26 Å². The maximum absolute atomic E-state index is 9.29. The number of pyridine rings is 1. The van der Waals surface area contributed by atoms with Gasteiger partial charge in [0, 0.05) is 19.0 Å². The number of nitrogens with zero attached hydrogens (tertiary/aromatic N) is 3. The van der Waals surface area contributed by atoms with Crippen molar-refractivity contribution < 1.29 is 4.74 Å². The van der Waals surface area contributed by atoms with Gasteiger partial charge in [-0.3, -0.25) is 0 Å². The molecule has 5 heteroatoms. The lowest BCUT2D eigenvalue weighted by molar-refractivity contribution is 0.0766. The van der Waals surface area contributed by atoms with Crippen molar-refractivity contribution in [2.45, 2.75) is 91.7 Å². The summed E-state index contributed by atoms with van der Waals surface area (Å²) in [4.78, 5) is 4.06. The Morgan fingerprint density at radius 2 is 1.66 bits per heavy atom. The van der Waals surface area contributed by atoms with Crippen LogP contribution in [-0.2, 0) is 11.5 Å². The van der Waals surface area contributed by atoms with E-state index in [1.807, 2.05) is 10.6 Å². The number of halogens is 1. The second-order valence-electron chi connectivity index (χ2n) is 9.15. The second kappa shape index (κ2) is 12.2. The van der Waals surface area contributed by atoms with E-state index in [0.717, 1.165) is 18.5 Å². The van der Waals surface area contributed by atoms with E-state index in [1.54, 1.807) is 12.4 Å². The van der Waals surface area contributed by atoms with Gasteiger partial charge >= 0.3 is 0 Å². The topological polar surface area (TPSA) is 50.8 Å². The van der Waals surface area contributed by atoms with Crippen LogP contribution in [0.5, 0.6) is 0 Å². The summed E-state index contributed by atoms with van der Waals surface area (Å²) in [5.41, 5.74) is 1.92. The highest BCUT2D eigenvalue weighted by atomic mass is 35.5. The number of nitriles is 1. The van der Waals surface area contributed by atoms with Gasteiger partial charge in [0.15, 0.2) is 0 Å². The van der Waals surface area contributed by atoms with Crippen molar-refractivity contribution in [1.29, 1.82) is 5.26 Å². The molecule has 0 bridgehead atoms. The van der Waals surface area contributed by atoms with Gasteiger partial charge in [-0.1, -0.05) is 83.7 Å². The van der Waals surface area contributed by atoms with Gasteiger partial charge in [0.1, 0.15) is 18.0 Å². The summed E-state index contributed by atoms with van der Waals surface area (Å²) in [6.45, 7) is 8.16. The van der Waals surface area contributed by atoms with E-state index < -0.39 is 0 Å². The molecule has 0 aliphatic heterocycles. The Hall–Kier alpha value is -1.57. The molecule has 0 fully saturated rings. The molecule has 4 nitrogen and oxygen atoms in total. The molecule has 29 heavy (non-hydrogen) atoms. The molecule has 2 heterocycles. The summed E-state index contributed by atoms with van der Waals surface area (Å²) in [6, 6.07) is 4.05. The average Bonchev–Trinajstić information content (AvgIpc) is 3.04. The molecule has 0 unspecified atom stereocenters. The minimum absolute atomic E-state index is 0.368. The Labute approximate surface area is 181 Å². The zero-order valence-corrected chi connectivity index (χ0v) is 19.1. The quantitative estimate of drug-likeness (QED) is 0.250. The molecule has 0 aliphatic carbocycles. The first-order valence-corrected chi connectivity index (χ1v) is 11.4. The Morgan fingerprint density at radius 3 is 2.28 bits per heavy atom. The predicted molar refractivity (Wildman–Crippen MR) is 121 cm³/mol. The Morgan fingerprint density at radius 1 is 1.03 bits per heavy atom. The van der Waals surface area contributed by atoms with Crippen molar-refractivity contribution >= 4 is 22.5 Å². The van der Waals surface area contributed by atoms with Gasteiger partial charge in [0.25, 0.3) is 0 Å². The highest BCUT2D eigenvalue weighted by molar-refractivity contribution is 6.34. The van der Waals surface area contributed by atoms with Crippen LogP contribution in [0.1, 0.15) is 90.5 Å². The Balaban J connectivity index is 1.52. The number of aromatic nitrogens is 2. The third-order valence-electron chi connectivity index (χ3n) is 5.31. The molecule has 2 aromatic heterocycles. The lowest BCUT2D eigenvalue weighted by Gasteiger charge is -2.17. The summed E-state index contributed by atoms with van der Waals surface area (Å²) >= 11 is 6.14. The lowest BCUT2D eigenvalue weighted by atomic mass is 9.89. The van der Waals surface area contributed by atoms with Gasteiger partial charge in [-0.15, -0.1) is 0 Å². The standard InChI is InChI=1S/C24H36ClN3O/c1-24(2,3)14-11-9-7-5-4-6-8-10-12-16-29-19-28-18-20(17-26)22-21(28)13-15-27-23(22)25/h13,15,18H,4-12,14,16,19H2,1-3H3. The molecule has 0 amide bonds. The summed E-state index contributed by atoms with van der Waals surface area (Å²) in [5, 5.41) is 10.4. The Kier molecular flexibility index (Phi) is 9.97. The number of hydrogen-bond acceptors (Lipinski definition) is 3. The number of hydrogen-bond donors (Lipinski definition) is 0. The maximum atomic E-state index is 9.29. The number of fused-ring (bicyclic) bond motifs is 1. The summed E-state index contributed by atoms with van der Waals surface area (Å²) in [6.07, 6.45) is 16.6. The third kappa shape index (κ3) is 8.36. The predicted octanol–water partition coefficient (Wildman–Crippen LogP) is 7.48. The molecule has 2 rings (SSSR count). The smallest absolute Gasteiger partial charge is 0.139 e. The van der Waals surface area contributed by atoms with Crippen molar-refractivity contribution in [2.75, 3.05) is 6.61 Å². The lowest BCUT2D eigenvalue weighted by Crippen LogP contribution is -2.03. The van der Waals surface area contributed by atoms with Crippen molar-refractivity contribution in [1.82, 2.24) is 9.55 Å². The molecule has 0 N–H and O–H groups in total. The van der Waals surface area contributed by atoms with Crippen LogP contribution < -0.4 is 0 Å². The zero-order valence-electron chi connectivity index (χ0n) is 18.3. The van der Waals surface area contributed by atoms with E-state index in [9.17, 15) is 5.26 Å². The van der Waals surface area contributed by atoms with Gasteiger partial charge in [-0.25, -0.2) is 4.98 Å². The first-order chi connectivity index (χ1) is 13.9. The molecule has 0 aromatic carbocycles. The van der Waals surface area contributed by atoms with Crippen LogP contribution >= 0.6 is 11.6 Å². The molecule has 0 saturated carbocycles. The van der Waals surface area contributed by atoms with Gasteiger partial charge in [-0.05, 0) is 24.3 Å². The van der Waals surface area contributed by atoms with E-state index in [0.29, 0.717) is 28.2 Å². The normalized spacial score (nSPS) is 11.8. The maximum Gasteiger partial charge on any atom is 0.139 e. The van der Waals surface area contributed by atoms with E-state index in [4.69, 9.17) is 16.3 Å². The second-order valence-corrected chi connectivity index (χ2v) is 9.51. The molecule has 0 saturated heterocycles. The number of ether oxygens (including phenoxy) is 1. The minimum atomic E-state index is 0.368. The largest absolute Gasteiger partial charge is 0.361 e. The van der Waals surface area contributed by atoms with E-state index >= 15 is 0 Å². The molecule has 2 aromatic rings. The van der Waals surface area contributed by atoms with E-state index in [1.165, 1.54) is 57.8 Å². The highest BCUT2D eigenvalue weighted by Crippen LogP contribution is 2.26. The van der Waals surface area contributed by atoms with Crippen LogP contribution in [-0.4, -0.2) is 16.2 Å². The molecular weight excluding hydrogens is 382 g/mol. The highest BCUT2D eigenvalue weighted by Gasteiger charge is 2.12. The molecular formula is C24H36ClN3O. The summed E-state index contributed by atoms with van der Waals surface area (Å²) in [7, 11) is 0. The third-order valence-corrected chi connectivity index (χ3v) is 5.60. The Bertz CT molecular complexity index is 786. The number of unbranched alkanes of at least 4 members (excludes halogenated alkanes) is 8. The molecule has 0 aliphatic rings. The van der Waals surface area contributed by atoms with Crippen LogP contribution in [0.25, 0.3) is 10.9 Å². The minimum Gasteiger partial charge on any atom is -0.361 e. The van der Waals surface area contributed by atoms with E-state index in [2.05, 4.69) is 31.8 Å². The van der Waals surface area contributed by atoms with Crippen molar-refractivity contribution in [3.63, 3.8) is 0 Å². The first kappa shape index (κ1) is 23.7. The average molecular weight is 418 g/mol. The van der Waals surface area contributed by atoms with Crippen molar-refractivity contribution in [2.24, 2.45) is 5.41 Å². The monoisotopic (exact) mass is 417 g/mol. The van der Waals surface area contributed by atoms with Crippen molar-refractivity contribution in [3.8, 4) is 6.07 Å². The molecule has 0 spiro atoms. The molecule has 0 atom stereocenters. The fourth-order valence-corrected chi connectivity index (χ4v) is 3.91. The molecule has 160 valence electrons. The summed E-state index contributed by atoms with van der Waals surface area (Å²) < 4.78 is 7.75.